The number of ether oxygens (including phenoxy) is 1. The molecular weight excluding hydrogens is 367 g/mol. The predicted octanol–water partition coefficient (Wildman–Crippen LogP) is 3.56. The van der Waals surface area contributed by atoms with E-state index in [9.17, 15) is 0 Å². The van der Waals surface area contributed by atoms with E-state index in [4.69, 9.17) is 4.74 Å². The third-order valence-corrected chi connectivity index (χ3v) is 3.45. The second-order valence-electron chi connectivity index (χ2n) is 4.18. The van der Waals surface area contributed by atoms with Gasteiger partial charge in [0.05, 0.1) is 6.20 Å². The molecule has 0 unspecified atom stereocenters. The van der Waals surface area contributed by atoms with Crippen LogP contribution in [0, 0.1) is 3.57 Å². The van der Waals surface area contributed by atoms with Crippen LogP contribution >= 0.6 is 22.6 Å². The predicted molar refractivity (Wildman–Crippen MR) is 86.4 cm³/mol. The van der Waals surface area contributed by atoms with Gasteiger partial charge in [-0.3, -0.25) is 4.40 Å². The lowest BCUT2D eigenvalue weighted by Gasteiger charge is -2.09. The molecule has 0 amide bonds. The number of imidazole rings is 1. The van der Waals surface area contributed by atoms with Crippen LogP contribution < -0.4 is 10.1 Å². The van der Waals surface area contributed by atoms with Crippen LogP contribution in [-0.4, -0.2) is 20.9 Å². The molecule has 0 bridgehead atoms. The van der Waals surface area contributed by atoms with Crippen LogP contribution in [0.15, 0.2) is 42.9 Å². The van der Waals surface area contributed by atoms with Gasteiger partial charge in [0.1, 0.15) is 11.6 Å². The molecular formula is C14H13IN4O. The lowest BCUT2D eigenvalue weighted by atomic mass is 10.3. The summed E-state index contributed by atoms with van der Waals surface area (Å²) in [6, 6.07) is 7.82. The van der Waals surface area contributed by atoms with Gasteiger partial charge in [-0.25, -0.2) is 4.98 Å². The first kappa shape index (κ1) is 13.2. The molecule has 20 heavy (non-hydrogen) atoms. The van der Waals surface area contributed by atoms with Gasteiger partial charge in [-0.15, -0.1) is 0 Å². The quantitative estimate of drug-likeness (QED) is 0.704. The van der Waals surface area contributed by atoms with Gasteiger partial charge in [0.15, 0.2) is 0 Å². The van der Waals surface area contributed by atoms with E-state index in [1.807, 2.05) is 48.0 Å². The maximum atomic E-state index is 5.85. The van der Waals surface area contributed by atoms with Gasteiger partial charge >= 0.3 is 0 Å². The highest BCUT2D eigenvalue weighted by Gasteiger charge is 2.09. The number of anilines is 1. The van der Waals surface area contributed by atoms with E-state index in [0.29, 0.717) is 11.5 Å². The first-order chi connectivity index (χ1) is 9.76. The minimum Gasteiger partial charge on any atom is -0.436 e. The number of hydrogen-bond acceptors (Lipinski definition) is 4. The van der Waals surface area contributed by atoms with Crippen LogP contribution in [0.4, 0.5) is 5.82 Å². The second kappa shape index (κ2) is 5.66. The van der Waals surface area contributed by atoms with Gasteiger partial charge < -0.3 is 10.1 Å². The van der Waals surface area contributed by atoms with E-state index < -0.39 is 0 Å². The molecule has 1 N–H and O–H groups in total. The smallest absolute Gasteiger partial charge is 0.265 e. The maximum Gasteiger partial charge on any atom is 0.265 e. The average Bonchev–Trinajstić information content (AvgIpc) is 2.90. The number of rotatable bonds is 4. The standard InChI is InChI=1S/C14H13IN4O/c1-2-16-12-9-19-8-7-17-13(19)14(18-12)20-11-5-3-10(15)4-6-11/h3-9,16H,2H2,1H3. The summed E-state index contributed by atoms with van der Waals surface area (Å²) in [4.78, 5) is 8.74. The number of nitrogens with zero attached hydrogens (tertiary/aromatic N) is 3. The zero-order chi connectivity index (χ0) is 13.9. The Bertz CT molecular complexity index is 724. The van der Waals surface area contributed by atoms with Crippen molar-refractivity contribution in [3.8, 4) is 11.6 Å². The highest BCUT2D eigenvalue weighted by molar-refractivity contribution is 14.1. The van der Waals surface area contributed by atoms with Crippen molar-refractivity contribution in [1.82, 2.24) is 14.4 Å². The van der Waals surface area contributed by atoms with Crippen LogP contribution in [0.3, 0.4) is 0 Å². The fourth-order valence-electron chi connectivity index (χ4n) is 1.85. The molecule has 0 aliphatic rings. The highest BCUT2D eigenvalue weighted by Crippen LogP contribution is 2.25. The monoisotopic (exact) mass is 380 g/mol. The van der Waals surface area contributed by atoms with Gasteiger partial charge in [-0.05, 0) is 53.8 Å². The normalized spacial score (nSPS) is 10.7. The first-order valence-corrected chi connectivity index (χ1v) is 7.35. The molecule has 0 fully saturated rings. The molecule has 0 aliphatic carbocycles. The number of nitrogens with one attached hydrogen (secondary N) is 1. The molecule has 0 spiro atoms. The maximum absolute atomic E-state index is 5.85. The first-order valence-electron chi connectivity index (χ1n) is 6.27. The highest BCUT2D eigenvalue weighted by atomic mass is 127. The average molecular weight is 380 g/mol. The number of benzene rings is 1. The Labute approximate surface area is 130 Å². The number of aromatic nitrogens is 3. The molecule has 0 atom stereocenters. The Balaban J connectivity index is 2.00. The minimum atomic E-state index is 0.495. The van der Waals surface area contributed by atoms with Crippen LogP contribution in [-0.2, 0) is 0 Å². The number of fused-ring (bicyclic) bond motifs is 1. The third-order valence-electron chi connectivity index (χ3n) is 2.73. The molecule has 1 aromatic carbocycles. The van der Waals surface area contributed by atoms with E-state index >= 15 is 0 Å². The van der Waals surface area contributed by atoms with E-state index in [1.54, 1.807) is 6.20 Å². The molecule has 102 valence electrons. The number of hydrogen-bond donors (Lipinski definition) is 1. The summed E-state index contributed by atoms with van der Waals surface area (Å²) in [7, 11) is 0. The van der Waals surface area contributed by atoms with Crippen molar-refractivity contribution in [2.45, 2.75) is 6.92 Å². The molecule has 2 heterocycles. The minimum absolute atomic E-state index is 0.495. The van der Waals surface area contributed by atoms with Gasteiger partial charge in [-0.1, -0.05) is 0 Å². The topological polar surface area (TPSA) is 51.5 Å². The van der Waals surface area contributed by atoms with Crippen LogP contribution in [0.1, 0.15) is 6.92 Å². The van der Waals surface area contributed by atoms with Gasteiger partial charge in [0, 0.05) is 22.5 Å². The van der Waals surface area contributed by atoms with Crippen LogP contribution in [0.5, 0.6) is 11.6 Å². The van der Waals surface area contributed by atoms with E-state index in [1.165, 1.54) is 0 Å². The summed E-state index contributed by atoms with van der Waals surface area (Å²) in [6.07, 6.45) is 5.50. The summed E-state index contributed by atoms with van der Waals surface area (Å²) >= 11 is 2.26. The molecule has 0 saturated carbocycles. The van der Waals surface area contributed by atoms with Crippen molar-refractivity contribution in [2.75, 3.05) is 11.9 Å². The zero-order valence-electron chi connectivity index (χ0n) is 10.9. The van der Waals surface area contributed by atoms with Crippen molar-refractivity contribution in [3.63, 3.8) is 0 Å². The summed E-state index contributed by atoms with van der Waals surface area (Å²) in [5, 5.41) is 3.18. The summed E-state index contributed by atoms with van der Waals surface area (Å²) in [5.74, 6) is 2.00. The molecule has 3 aromatic rings. The zero-order valence-corrected chi connectivity index (χ0v) is 13.0. The SMILES string of the molecule is CCNc1cn2ccnc2c(Oc2ccc(I)cc2)n1. The lowest BCUT2D eigenvalue weighted by molar-refractivity contribution is 0.465. The van der Waals surface area contributed by atoms with Gasteiger partial charge in [0.25, 0.3) is 5.88 Å². The fraction of sp³-hybridized carbons (Fsp3) is 0.143. The van der Waals surface area contributed by atoms with E-state index in [-0.39, 0.29) is 0 Å². The summed E-state index contributed by atoms with van der Waals surface area (Å²) in [6.45, 7) is 2.83. The Hall–Kier alpha value is -1.83. The Kier molecular flexibility index (Phi) is 3.72. The molecule has 0 saturated heterocycles. The fourth-order valence-corrected chi connectivity index (χ4v) is 2.21. The Morgan fingerprint density at radius 2 is 2.10 bits per heavy atom. The Morgan fingerprint density at radius 1 is 1.30 bits per heavy atom. The summed E-state index contributed by atoms with van der Waals surface area (Å²) < 4.78 is 8.91. The van der Waals surface area contributed by atoms with Crippen LogP contribution in [0.25, 0.3) is 5.65 Å². The van der Waals surface area contributed by atoms with Gasteiger partial charge in [0.2, 0.25) is 5.65 Å². The van der Waals surface area contributed by atoms with Crippen molar-refractivity contribution < 1.29 is 4.74 Å². The molecule has 0 radical (unpaired) electrons. The van der Waals surface area contributed by atoms with E-state index in [2.05, 4.69) is 37.9 Å². The Morgan fingerprint density at radius 3 is 2.85 bits per heavy atom. The largest absolute Gasteiger partial charge is 0.436 e. The van der Waals surface area contributed by atoms with Gasteiger partial charge in [-0.2, -0.15) is 4.98 Å². The van der Waals surface area contributed by atoms with Crippen molar-refractivity contribution in [1.29, 1.82) is 0 Å². The molecule has 3 rings (SSSR count). The third kappa shape index (κ3) is 2.69. The van der Waals surface area contributed by atoms with Crippen molar-refractivity contribution >= 4 is 34.1 Å². The lowest BCUT2D eigenvalue weighted by Crippen LogP contribution is -2.03. The van der Waals surface area contributed by atoms with Crippen molar-refractivity contribution in [2.24, 2.45) is 0 Å². The molecule has 5 nitrogen and oxygen atoms in total. The second-order valence-corrected chi connectivity index (χ2v) is 5.42. The molecule has 2 aromatic heterocycles. The summed E-state index contributed by atoms with van der Waals surface area (Å²) in [5.41, 5.74) is 0.699. The molecule has 6 heteroatoms. The molecule has 0 aliphatic heterocycles. The van der Waals surface area contributed by atoms with E-state index in [0.717, 1.165) is 21.7 Å². The van der Waals surface area contributed by atoms with Crippen molar-refractivity contribution in [3.05, 3.63) is 46.4 Å². The van der Waals surface area contributed by atoms with Crippen LogP contribution in [0.2, 0.25) is 0 Å². The number of halogens is 1.